The van der Waals surface area contributed by atoms with Gasteiger partial charge in [-0.05, 0) is 42.8 Å². The number of methoxy groups -OCH3 is 1. The van der Waals surface area contributed by atoms with Gasteiger partial charge >= 0.3 is 0 Å². The predicted molar refractivity (Wildman–Crippen MR) is 129 cm³/mol. The minimum Gasteiger partial charge on any atom is -0.479 e. The number of carbonyl (C=O) groups excluding carboxylic acids is 1. The summed E-state index contributed by atoms with van der Waals surface area (Å²) in [5.41, 5.74) is 3.93. The maximum atomic E-state index is 13.0. The van der Waals surface area contributed by atoms with E-state index >= 15 is 0 Å². The second-order valence-electron chi connectivity index (χ2n) is 8.34. The van der Waals surface area contributed by atoms with Crippen molar-refractivity contribution in [2.75, 3.05) is 38.2 Å². The number of anilines is 1. The van der Waals surface area contributed by atoms with Crippen LogP contribution in [0.1, 0.15) is 23.2 Å². The molecule has 0 aliphatic carbocycles. The Morgan fingerprint density at radius 1 is 1.18 bits per heavy atom. The van der Waals surface area contributed by atoms with Gasteiger partial charge in [0.1, 0.15) is 17.0 Å². The number of rotatable bonds is 5. The van der Waals surface area contributed by atoms with Crippen molar-refractivity contribution in [3.8, 4) is 5.88 Å². The number of aryl methyl sites for hydroxylation is 3. The molecule has 5 heterocycles. The molecule has 1 amide bonds. The molecule has 4 aromatic heterocycles. The molecule has 1 fully saturated rings. The molecule has 33 heavy (non-hydrogen) atoms. The fourth-order valence-electron chi connectivity index (χ4n) is 4.69. The highest BCUT2D eigenvalue weighted by Crippen LogP contribution is 2.31. The van der Waals surface area contributed by atoms with E-state index in [9.17, 15) is 4.79 Å². The molecule has 5 rings (SSSR count). The Morgan fingerprint density at radius 2 is 1.97 bits per heavy atom. The third-order valence-corrected chi connectivity index (χ3v) is 7.30. The molecular weight excluding hydrogens is 438 g/mol. The molecule has 0 N–H and O–H groups in total. The van der Waals surface area contributed by atoms with Crippen LogP contribution >= 0.6 is 11.3 Å². The minimum atomic E-state index is 0.176. The van der Waals surface area contributed by atoms with Crippen LogP contribution in [-0.4, -0.2) is 68.8 Å². The van der Waals surface area contributed by atoms with Crippen molar-refractivity contribution in [1.29, 1.82) is 0 Å². The summed E-state index contributed by atoms with van der Waals surface area (Å²) in [6, 6.07) is 2.07. The molecule has 0 saturated carbocycles. The lowest BCUT2D eigenvalue weighted by Gasteiger charge is -2.35. The Balaban J connectivity index is 1.26. The van der Waals surface area contributed by atoms with Gasteiger partial charge in [-0.3, -0.25) is 4.79 Å². The Labute approximate surface area is 196 Å². The predicted octanol–water partition coefficient (Wildman–Crippen LogP) is 2.88. The minimum absolute atomic E-state index is 0.176. The lowest BCUT2D eigenvalue weighted by Crippen LogP contribution is -2.49. The summed E-state index contributed by atoms with van der Waals surface area (Å²) >= 11 is 1.62. The summed E-state index contributed by atoms with van der Waals surface area (Å²) in [5.74, 6) is 1.71. The first kappa shape index (κ1) is 21.6. The lowest BCUT2D eigenvalue weighted by atomic mass is 10.00. The average molecular weight is 466 g/mol. The standard InChI is InChI=1S/C23H27N7O2S/c1-14-16(15(2)26-21-19(14)22(32-4)27-28(21)3)5-6-18(31)29-8-10-30(11-9-29)20-17-7-12-33-23(17)25-13-24-20/h7,12-13H,5-6,8-11H2,1-4H3. The monoisotopic (exact) mass is 465 g/mol. The smallest absolute Gasteiger partial charge is 0.242 e. The van der Waals surface area contributed by atoms with Crippen molar-refractivity contribution in [3.05, 3.63) is 34.6 Å². The third kappa shape index (κ3) is 3.78. The number of carbonyl (C=O) groups is 1. The number of pyridine rings is 1. The van der Waals surface area contributed by atoms with Crippen LogP contribution in [0.15, 0.2) is 17.8 Å². The quantitative estimate of drug-likeness (QED) is 0.448. The summed E-state index contributed by atoms with van der Waals surface area (Å²) in [6.07, 6.45) is 2.73. The van der Waals surface area contributed by atoms with E-state index in [1.165, 1.54) is 0 Å². The Bertz CT molecular complexity index is 1340. The van der Waals surface area contributed by atoms with Gasteiger partial charge in [-0.2, -0.15) is 0 Å². The number of hydrogen-bond acceptors (Lipinski definition) is 8. The van der Waals surface area contributed by atoms with Gasteiger partial charge in [0, 0.05) is 45.3 Å². The fourth-order valence-corrected chi connectivity index (χ4v) is 5.42. The number of aromatic nitrogens is 5. The van der Waals surface area contributed by atoms with E-state index in [1.807, 2.05) is 24.3 Å². The highest BCUT2D eigenvalue weighted by Gasteiger charge is 2.24. The van der Waals surface area contributed by atoms with Crippen molar-refractivity contribution < 1.29 is 9.53 Å². The normalized spacial score (nSPS) is 14.4. The zero-order chi connectivity index (χ0) is 23.1. The zero-order valence-corrected chi connectivity index (χ0v) is 20.1. The van der Waals surface area contributed by atoms with Crippen molar-refractivity contribution in [3.63, 3.8) is 0 Å². The lowest BCUT2D eigenvalue weighted by molar-refractivity contribution is -0.131. The van der Waals surface area contributed by atoms with Crippen molar-refractivity contribution in [2.45, 2.75) is 26.7 Å². The van der Waals surface area contributed by atoms with Gasteiger partial charge in [0.15, 0.2) is 5.65 Å². The first-order chi connectivity index (χ1) is 16.0. The van der Waals surface area contributed by atoms with Crippen LogP contribution in [0.25, 0.3) is 21.3 Å². The van der Waals surface area contributed by atoms with Crippen LogP contribution in [0.3, 0.4) is 0 Å². The summed E-state index contributed by atoms with van der Waals surface area (Å²) in [5, 5.41) is 8.46. The number of fused-ring (bicyclic) bond motifs is 2. The first-order valence-electron chi connectivity index (χ1n) is 11.1. The molecule has 10 heteroatoms. The molecule has 1 saturated heterocycles. The Kier molecular flexibility index (Phi) is 5.61. The maximum Gasteiger partial charge on any atom is 0.242 e. The largest absolute Gasteiger partial charge is 0.479 e. The second kappa shape index (κ2) is 8.58. The molecule has 1 aliphatic rings. The average Bonchev–Trinajstić information content (AvgIpc) is 3.43. The van der Waals surface area contributed by atoms with Crippen LogP contribution in [0.2, 0.25) is 0 Å². The van der Waals surface area contributed by atoms with Gasteiger partial charge in [0.25, 0.3) is 0 Å². The molecule has 0 bridgehead atoms. The van der Waals surface area contributed by atoms with Crippen LogP contribution in [-0.2, 0) is 18.3 Å². The van der Waals surface area contributed by atoms with Gasteiger partial charge in [-0.1, -0.05) is 0 Å². The van der Waals surface area contributed by atoms with Gasteiger partial charge in [-0.25, -0.2) is 19.6 Å². The highest BCUT2D eigenvalue weighted by atomic mass is 32.1. The summed E-state index contributed by atoms with van der Waals surface area (Å²) in [4.78, 5) is 31.8. The topological polar surface area (TPSA) is 89.3 Å². The molecule has 0 aromatic carbocycles. The number of amides is 1. The number of thiophene rings is 1. The molecule has 4 aromatic rings. The van der Waals surface area contributed by atoms with Gasteiger partial charge < -0.3 is 14.5 Å². The SMILES string of the molecule is COc1nn(C)c2nc(C)c(CCC(=O)N3CCN(c4ncnc5sccc45)CC3)c(C)c12. The van der Waals surface area contributed by atoms with E-state index in [0.717, 1.165) is 57.0 Å². The van der Waals surface area contributed by atoms with Crippen molar-refractivity contribution in [1.82, 2.24) is 29.6 Å². The fraction of sp³-hybridized carbons (Fsp3) is 0.435. The van der Waals surface area contributed by atoms with Crippen LogP contribution < -0.4 is 9.64 Å². The van der Waals surface area contributed by atoms with Crippen molar-refractivity contribution >= 4 is 44.3 Å². The molecule has 0 unspecified atom stereocenters. The summed E-state index contributed by atoms with van der Waals surface area (Å²) < 4.78 is 7.19. The molecule has 0 radical (unpaired) electrons. The summed E-state index contributed by atoms with van der Waals surface area (Å²) in [7, 11) is 3.49. The Hall–Kier alpha value is -3.27. The van der Waals surface area contributed by atoms with E-state index in [0.29, 0.717) is 31.8 Å². The molecular formula is C23H27N7O2S. The summed E-state index contributed by atoms with van der Waals surface area (Å²) in [6.45, 7) is 6.99. The first-order valence-corrected chi connectivity index (χ1v) is 11.9. The number of hydrogen-bond donors (Lipinski definition) is 0. The Morgan fingerprint density at radius 3 is 2.73 bits per heavy atom. The molecule has 1 aliphatic heterocycles. The van der Waals surface area contributed by atoms with Crippen LogP contribution in [0.5, 0.6) is 5.88 Å². The molecule has 0 spiro atoms. The zero-order valence-electron chi connectivity index (χ0n) is 19.3. The molecule has 0 atom stereocenters. The van der Waals surface area contributed by atoms with E-state index < -0.39 is 0 Å². The van der Waals surface area contributed by atoms with Crippen LogP contribution in [0, 0.1) is 13.8 Å². The van der Waals surface area contributed by atoms with E-state index in [-0.39, 0.29) is 5.91 Å². The number of ether oxygens (including phenoxy) is 1. The van der Waals surface area contributed by atoms with Gasteiger partial charge in [0.05, 0.1) is 17.9 Å². The second-order valence-corrected chi connectivity index (χ2v) is 9.23. The number of nitrogens with zero attached hydrogens (tertiary/aromatic N) is 7. The molecule has 172 valence electrons. The van der Waals surface area contributed by atoms with E-state index in [1.54, 1.807) is 29.5 Å². The van der Waals surface area contributed by atoms with E-state index in [4.69, 9.17) is 9.72 Å². The van der Waals surface area contributed by atoms with Gasteiger partial charge in [-0.15, -0.1) is 16.4 Å². The van der Waals surface area contributed by atoms with E-state index in [2.05, 4.69) is 33.0 Å². The maximum absolute atomic E-state index is 13.0. The number of piperazine rings is 1. The van der Waals surface area contributed by atoms with Crippen molar-refractivity contribution in [2.24, 2.45) is 7.05 Å². The molecule has 9 nitrogen and oxygen atoms in total. The highest BCUT2D eigenvalue weighted by molar-refractivity contribution is 7.16. The third-order valence-electron chi connectivity index (χ3n) is 6.48. The van der Waals surface area contributed by atoms with Crippen LogP contribution in [0.4, 0.5) is 5.82 Å². The van der Waals surface area contributed by atoms with Gasteiger partial charge in [0.2, 0.25) is 11.8 Å².